The molecule has 0 amide bonds. The number of benzene rings is 1. The first-order valence-electron chi connectivity index (χ1n) is 7.05. The number of aromatic amines is 1. The summed E-state index contributed by atoms with van der Waals surface area (Å²) < 4.78 is 5.22. The van der Waals surface area contributed by atoms with Crippen molar-refractivity contribution in [2.24, 2.45) is 0 Å². The zero-order valence-corrected chi connectivity index (χ0v) is 11.8. The highest BCUT2D eigenvalue weighted by molar-refractivity contribution is 6.00. The SMILES string of the molecule is COc1ccc(-c2cc(C3CC3)nc3n[nH]c(N)c23)cc1. The lowest BCUT2D eigenvalue weighted by atomic mass is 10.0. The topological polar surface area (TPSA) is 76.8 Å². The molecule has 0 atom stereocenters. The van der Waals surface area contributed by atoms with Crippen molar-refractivity contribution in [2.45, 2.75) is 18.8 Å². The third kappa shape index (κ3) is 2.01. The molecule has 2 heterocycles. The Balaban J connectivity index is 1.93. The van der Waals surface area contributed by atoms with Crippen LogP contribution in [0.4, 0.5) is 5.82 Å². The minimum Gasteiger partial charge on any atom is -0.497 e. The normalized spacial score (nSPS) is 14.5. The first kappa shape index (κ1) is 12.2. The van der Waals surface area contributed by atoms with E-state index in [2.05, 4.69) is 21.2 Å². The van der Waals surface area contributed by atoms with Gasteiger partial charge in [0.05, 0.1) is 12.5 Å². The maximum Gasteiger partial charge on any atom is 0.183 e. The van der Waals surface area contributed by atoms with Gasteiger partial charge in [-0.25, -0.2) is 4.98 Å². The zero-order chi connectivity index (χ0) is 14.4. The average molecular weight is 280 g/mol. The van der Waals surface area contributed by atoms with Crippen molar-refractivity contribution in [3.8, 4) is 16.9 Å². The molecular formula is C16H16N4O. The number of fused-ring (bicyclic) bond motifs is 1. The predicted octanol–water partition coefficient (Wildman–Crippen LogP) is 3.09. The van der Waals surface area contributed by atoms with Gasteiger partial charge in [-0.05, 0) is 42.2 Å². The van der Waals surface area contributed by atoms with Crippen molar-refractivity contribution in [3.05, 3.63) is 36.0 Å². The number of hydrogen-bond donors (Lipinski definition) is 2. The van der Waals surface area contributed by atoms with Gasteiger partial charge in [0.1, 0.15) is 11.6 Å². The first-order valence-corrected chi connectivity index (χ1v) is 7.05. The summed E-state index contributed by atoms with van der Waals surface area (Å²) >= 11 is 0. The van der Waals surface area contributed by atoms with Crippen LogP contribution in [0.1, 0.15) is 24.5 Å². The van der Waals surface area contributed by atoms with Gasteiger partial charge in [-0.3, -0.25) is 5.10 Å². The molecule has 0 saturated heterocycles. The number of anilines is 1. The van der Waals surface area contributed by atoms with Gasteiger partial charge in [-0.15, -0.1) is 0 Å². The molecule has 0 radical (unpaired) electrons. The van der Waals surface area contributed by atoms with Crippen LogP contribution in [0, 0.1) is 0 Å². The van der Waals surface area contributed by atoms with E-state index >= 15 is 0 Å². The molecule has 3 N–H and O–H groups in total. The Morgan fingerprint density at radius 3 is 2.67 bits per heavy atom. The van der Waals surface area contributed by atoms with E-state index in [1.54, 1.807) is 7.11 Å². The summed E-state index contributed by atoms with van der Waals surface area (Å²) in [4.78, 5) is 4.63. The Morgan fingerprint density at radius 2 is 2.00 bits per heavy atom. The Kier molecular flexibility index (Phi) is 2.60. The van der Waals surface area contributed by atoms with Gasteiger partial charge < -0.3 is 10.5 Å². The van der Waals surface area contributed by atoms with Crippen LogP contribution in [0.3, 0.4) is 0 Å². The highest BCUT2D eigenvalue weighted by atomic mass is 16.5. The number of nitrogens with one attached hydrogen (secondary N) is 1. The molecular weight excluding hydrogens is 264 g/mol. The lowest BCUT2D eigenvalue weighted by Gasteiger charge is -2.08. The van der Waals surface area contributed by atoms with Crippen molar-refractivity contribution >= 4 is 16.9 Å². The van der Waals surface area contributed by atoms with Crippen LogP contribution >= 0.6 is 0 Å². The molecule has 0 aliphatic heterocycles. The maximum absolute atomic E-state index is 6.03. The summed E-state index contributed by atoms with van der Waals surface area (Å²) in [5, 5.41) is 7.95. The molecule has 21 heavy (non-hydrogen) atoms. The summed E-state index contributed by atoms with van der Waals surface area (Å²) in [5.41, 5.74) is 10.0. The molecule has 3 aromatic rings. The number of nitrogens with two attached hydrogens (primary N) is 1. The van der Waals surface area contributed by atoms with Gasteiger partial charge >= 0.3 is 0 Å². The van der Waals surface area contributed by atoms with Crippen molar-refractivity contribution in [1.29, 1.82) is 0 Å². The Hall–Kier alpha value is -2.56. The van der Waals surface area contributed by atoms with E-state index in [9.17, 15) is 0 Å². The number of aromatic nitrogens is 3. The van der Waals surface area contributed by atoms with Gasteiger partial charge in [0.25, 0.3) is 0 Å². The number of nitrogen functional groups attached to an aromatic ring is 1. The molecule has 106 valence electrons. The minimum absolute atomic E-state index is 0.561. The standard InChI is InChI=1S/C16H16N4O/c1-21-11-6-4-9(5-7-11)12-8-13(10-2-3-10)18-16-14(12)15(17)19-20-16/h4-8,10H,2-3H2,1H3,(H3,17,18,19,20). The monoisotopic (exact) mass is 280 g/mol. The average Bonchev–Trinajstić information content (AvgIpc) is 3.31. The second kappa shape index (κ2) is 4.48. The highest BCUT2D eigenvalue weighted by Gasteiger charge is 2.27. The summed E-state index contributed by atoms with van der Waals surface area (Å²) in [7, 11) is 1.67. The number of H-pyrrole nitrogens is 1. The molecule has 1 aliphatic rings. The molecule has 1 aromatic carbocycles. The van der Waals surface area contributed by atoms with E-state index in [1.807, 2.05) is 24.3 Å². The molecule has 4 rings (SSSR count). The fourth-order valence-electron chi connectivity index (χ4n) is 2.65. The summed E-state index contributed by atoms with van der Waals surface area (Å²) in [6.45, 7) is 0. The first-order chi connectivity index (χ1) is 10.3. The van der Waals surface area contributed by atoms with E-state index in [1.165, 1.54) is 12.8 Å². The van der Waals surface area contributed by atoms with E-state index in [0.717, 1.165) is 28.0 Å². The number of ether oxygens (including phenoxy) is 1. The summed E-state index contributed by atoms with van der Waals surface area (Å²) in [6.07, 6.45) is 2.42. The van der Waals surface area contributed by atoms with Crippen molar-refractivity contribution < 1.29 is 4.74 Å². The Labute approximate surface area is 122 Å². The summed E-state index contributed by atoms with van der Waals surface area (Å²) in [5.74, 6) is 1.97. The lowest BCUT2D eigenvalue weighted by molar-refractivity contribution is 0.415. The molecule has 2 aromatic heterocycles. The molecule has 1 fully saturated rings. The largest absolute Gasteiger partial charge is 0.497 e. The zero-order valence-electron chi connectivity index (χ0n) is 11.8. The fourth-order valence-corrected chi connectivity index (χ4v) is 2.65. The van der Waals surface area contributed by atoms with Gasteiger partial charge in [0, 0.05) is 11.6 Å². The molecule has 1 saturated carbocycles. The van der Waals surface area contributed by atoms with E-state index in [-0.39, 0.29) is 0 Å². The van der Waals surface area contributed by atoms with E-state index in [4.69, 9.17) is 10.5 Å². The molecule has 0 bridgehead atoms. The molecule has 5 nitrogen and oxygen atoms in total. The van der Waals surface area contributed by atoms with Crippen LogP contribution in [0.15, 0.2) is 30.3 Å². The van der Waals surface area contributed by atoms with Crippen molar-refractivity contribution in [3.63, 3.8) is 0 Å². The number of rotatable bonds is 3. The van der Waals surface area contributed by atoms with Gasteiger partial charge in [-0.1, -0.05) is 12.1 Å². The molecule has 0 spiro atoms. The third-order valence-electron chi connectivity index (χ3n) is 3.97. The van der Waals surface area contributed by atoms with Gasteiger partial charge in [-0.2, -0.15) is 5.10 Å². The van der Waals surface area contributed by atoms with Crippen LogP contribution in [-0.2, 0) is 0 Å². The fraction of sp³-hybridized carbons (Fsp3) is 0.250. The third-order valence-corrected chi connectivity index (χ3v) is 3.97. The Morgan fingerprint density at radius 1 is 1.24 bits per heavy atom. The quantitative estimate of drug-likeness (QED) is 0.773. The smallest absolute Gasteiger partial charge is 0.183 e. The van der Waals surface area contributed by atoms with Crippen LogP contribution in [0.25, 0.3) is 22.2 Å². The maximum atomic E-state index is 6.03. The number of hydrogen-bond acceptors (Lipinski definition) is 4. The minimum atomic E-state index is 0.561. The lowest BCUT2D eigenvalue weighted by Crippen LogP contribution is -1.92. The van der Waals surface area contributed by atoms with Crippen LogP contribution in [-0.4, -0.2) is 22.3 Å². The number of nitrogens with zero attached hydrogens (tertiary/aromatic N) is 2. The van der Waals surface area contributed by atoms with Crippen LogP contribution in [0.5, 0.6) is 5.75 Å². The number of pyridine rings is 1. The summed E-state index contributed by atoms with van der Waals surface area (Å²) in [6, 6.07) is 10.1. The van der Waals surface area contributed by atoms with Crippen LogP contribution < -0.4 is 10.5 Å². The van der Waals surface area contributed by atoms with Crippen LogP contribution in [0.2, 0.25) is 0 Å². The molecule has 0 unspecified atom stereocenters. The van der Waals surface area contributed by atoms with Crippen molar-refractivity contribution in [1.82, 2.24) is 15.2 Å². The van der Waals surface area contributed by atoms with E-state index < -0.39 is 0 Å². The molecule has 1 aliphatic carbocycles. The number of methoxy groups -OCH3 is 1. The van der Waals surface area contributed by atoms with Gasteiger partial charge in [0.2, 0.25) is 0 Å². The van der Waals surface area contributed by atoms with E-state index in [0.29, 0.717) is 17.4 Å². The Bertz CT molecular complexity index is 803. The van der Waals surface area contributed by atoms with Gasteiger partial charge in [0.15, 0.2) is 5.65 Å². The predicted molar refractivity (Wildman–Crippen MR) is 82.3 cm³/mol. The second-order valence-electron chi connectivity index (χ2n) is 5.43. The van der Waals surface area contributed by atoms with Crippen molar-refractivity contribution in [2.75, 3.05) is 12.8 Å². The highest BCUT2D eigenvalue weighted by Crippen LogP contribution is 2.42. The second-order valence-corrected chi connectivity index (χ2v) is 5.43. The molecule has 5 heteroatoms.